The second-order valence-electron chi connectivity index (χ2n) is 4.00. The van der Waals surface area contributed by atoms with Crippen LogP contribution < -0.4 is 4.90 Å². The fourth-order valence-electron chi connectivity index (χ4n) is 1.73. The van der Waals surface area contributed by atoms with E-state index < -0.39 is 4.92 Å². The van der Waals surface area contributed by atoms with Crippen molar-refractivity contribution in [3.8, 4) is 0 Å². The van der Waals surface area contributed by atoms with E-state index in [2.05, 4.69) is 0 Å². The van der Waals surface area contributed by atoms with Gasteiger partial charge in [0.2, 0.25) is 0 Å². The molecule has 1 aromatic rings. The highest BCUT2D eigenvalue weighted by atomic mass is 32.2. The third-order valence-electron chi connectivity index (χ3n) is 2.74. The maximum Gasteiger partial charge on any atom is 0.292 e. The standard InChI is InChI=1S/C13H12N2O4S/c1-9-12(20-8-7-19-9)13(16)14(2)10-5-3-4-6-11(10)15(17)18/h3-8H,1-2H3. The number of carbonyl (C=O) groups is 1. The number of nitro groups is 1. The minimum Gasteiger partial charge on any atom is -0.468 e. The molecule has 0 unspecified atom stereocenters. The van der Waals surface area contributed by atoms with E-state index in [9.17, 15) is 14.9 Å². The Bertz CT molecular complexity index is 625. The Balaban J connectivity index is 2.35. The van der Waals surface area contributed by atoms with Crippen molar-refractivity contribution < 1.29 is 14.5 Å². The molecular weight excluding hydrogens is 280 g/mol. The molecule has 0 atom stereocenters. The summed E-state index contributed by atoms with van der Waals surface area (Å²) in [6, 6.07) is 6.12. The van der Waals surface area contributed by atoms with Crippen molar-refractivity contribution in [1.82, 2.24) is 0 Å². The van der Waals surface area contributed by atoms with Crippen molar-refractivity contribution in [2.24, 2.45) is 0 Å². The van der Waals surface area contributed by atoms with Crippen LogP contribution in [-0.4, -0.2) is 17.9 Å². The average Bonchev–Trinajstić information content (AvgIpc) is 2.46. The zero-order chi connectivity index (χ0) is 14.7. The van der Waals surface area contributed by atoms with Crippen molar-refractivity contribution >= 4 is 29.0 Å². The number of ether oxygens (including phenoxy) is 1. The number of amides is 1. The first kappa shape index (κ1) is 14.1. The van der Waals surface area contributed by atoms with E-state index in [-0.39, 0.29) is 17.3 Å². The van der Waals surface area contributed by atoms with Crippen LogP contribution in [0.5, 0.6) is 0 Å². The molecule has 0 saturated heterocycles. The van der Waals surface area contributed by atoms with Crippen LogP contribution in [0.4, 0.5) is 11.4 Å². The van der Waals surface area contributed by atoms with Crippen molar-refractivity contribution in [1.29, 1.82) is 0 Å². The van der Waals surface area contributed by atoms with Crippen molar-refractivity contribution in [2.75, 3.05) is 11.9 Å². The van der Waals surface area contributed by atoms with Crippen molar-refractivity contribution in [3.63, 3.8) is 0 Å². The summed E-state index contributed by atoms with van der Waals surface area (Å²) in [7, 11) is 1.50. The van der Waals surface area contributed by atoms with Gasteiger partial charge in [0.25, 0.3) is 11.6 Å². The van der Waals surface area contributed by atoms with E-state index in [0.717, 1.165) is 0 Å². The third-order valence-corrected chi connectivity index (χ3v) is 3.69. The molecule has 0 aromatic heterocycles. The molecule has 0 radical (unpaired) electrons. The van der Waals surface area contributed by atoms with Crippen LogP contribution in [0.25, 0.3) is 0 Å². The topological polar surface area (TPSA) is 72.7 Å². The van der Waals surface area contributed by atoms with Gasteiger partial charge in [0, 0.05) is 18.5 Å². The number of benzene rings is 1. The Morgan fingerprint density at radius 1 is 1.40 bits per heavy atom. The van der Waals surface area contributed by atoms with Gasteiger partial charge in [-0.1, -0.05) is 23.9 Å². The second kappa shape index (κ2) is 5.79. The van der Waals surface area contributed by atoms with Gasteiger partial charge in [0.15, 0.2) is 0 Å². The van der Waals surface area contributed by atoms with E-state index in [1.54, 1.807) is 24.5 Å². The largest absolute Gasteiger partial charge is 0.468 e. The minimum atomic E-state index is -0.509. The summed E-state index contributed by atoms with van der Waals surface area (Å²) in [5.74, 6) is 0.138. The van der Waals surface area contributed by atoms with Gasteiger partial charge in [0.05, 0.1) is 11.2 Å². The zero-order valence-electron chi connectivity index (χ0n) is 10.9. The number of allylic oxidation sites excluding steroid dienone is 1. The summed E-state index contributed by atoms with van der Waals surface area (Å²) in [6.07, 6.45) is 1.49. The maximum atomic E-state index is 12.4. The number of nitrogens with zero attached hydrogens (tertiary/aromatic N) is 2. The number of hydrogen-bond donors (Lipinski definition) is 0. The molecule has 1 heterocycles. The predicted octanol–water partition coefficient (Wildman–Crippen LogP) is 3.02. The molecule has 0 spiro atoms. The molecule has 0 bridgehead atoms. The van der Waals surface area contributed by atoms with Gasteiger partial charge in [-0.05, 0) is 13.0 Å². The molecular formula is C13H12N2O4S. The maximum absolute atomic E-state index is 12.4. The second-order valence-corrected chi connectivity index (χ2v) is 4.92. The lowest BCUT2D eigenvalue weighted by atomic mass is 10.2. The molecule has 1 aliphatic heterocycles. The Hall–Kier alpha value is -2.28. The molecule has 20 heavy (non-hydrogen) atoms. The first-order valence-corrected chi connectivity index (χ1v) is 6.61. The van der Waals surface area contributed by atoms with Crippen LogP contribution in [-0.2, 0) is 9.53 Å². The highest BCUT2D eigenvalue weighted by Gasteiger charge is 2.25. The van der Waals surface area contributed by atoms with E-state index >= 15 is 0 Å². The van der Waals surface area contributed by atoms with Crippen molar-refractivity contribution in [3.05, 3.63) is 56.7 Å². The first-order valence-electron chi connectivity index (χ1n) is 5.73. The van der Waals surface area contributed by atoms with Crippen LogP contribution in [0, 0.1) is 10.1 Å². The number of hydrogen-bond acceptors (Lipinski definition) is 5. The van der Waals surface area contributed by atoms with Gasteiger partial charge in [-0.2, -0.15) is 0 Å². The number of anilines is 1. The predicted molar refractivity (Wildman–Crippen MR) is 77.0 cm³/mol. The number of likely N-dealkylation sites (N-methyl/N-ethyl adjacent to an activating group) is 1. The summed E-state index contributed by atoms with van der Waals surface area (Å²) in [5, 5.41) is 12.7. The number of para-hydroxylation sites is 2. The SMILES string of the molecule is CC1=C(C(=O)N(C)c2ccccc2[N+](=O)[O-])SC=CO1. The van der Waals surface area contributed by atoms with Gasteiger partial charge >= 0.3 is 0 Å². The smallest absolute Gasteiger partial charge is 0.292 e. The molecule has 104 valence electrons. The molecule has 6 nitrogen and oxygen atoms in total. The molecule has 1 aromatic carbocycles. The zero-order valence-corrected chi connectivity index (χ0v) is 11.7. The highest BCUT2D eigenvalue weighted by Crippen LogP contribution is 2.32. The van der Waals surface area contributed by atoms with Gasteiger partial charge in [-0.25, -0.2) is 0 Å². The fourth-order valence-corrected chi connectivity index (χ4v) is 2.43. The molecule has 0 N–H and O–H groups in total. The van der Waals surface area contributed by atoms with E-state index in [4.69, 9.17) is 4.74 Å². The summed E-state index contributed by atoms with van der Waals surface area (Å²) >= 11 is 1.23. The summed E-state index contributed by atoms with van der Waals surface area (Å²) < 4.78 is 5.17. The van der Waals surface area contributed by atoms with Crippen LogP contribution in [0.3, 0.4) is 0 Å². The van der Waals surface area contributed by atoms with Crippen LogP contribution in [0.1, 0.15) is 6.92 Å². The molecule has 1 aliphatic rings. The van der Waals surface area contributed by atoms with Crippen LogP contribution in [0.15, 0.2) is 46.6 Å². The van der Waals surface area contributed by atoms with Gasteiger partial charge in [-0.15, -0.1) is 0 Å². The molecule has 0 saturated carbocycles. The Kier molecular flexibility index (Phi) is 4.09. The Labute approximate surface area is 119 Å². The monoisotopic (exact) mass is 292 g/mol. The summed E-state index contributed by atoms with van der Waals surface area (Å²) in [6.45, 7) is 1.68. The van der Waals surface area contributed by atoms with Gasteiger partial charge in [0.1, 0.15) is 16.4 Å². The van der Waals surface area contributed by atoms with E-state index in [1.165, 1.54) is 42.1 Å². The normalized spacial score (nSPS) is 13.9. The lowest BCUT2D eigenvalue weighted by Gasteiger charge is -2.20. The fraction of sp³-hybridized carbons (Fsp3) is 0.154. The molecule has 2 rings (SSSR count). The average molecular weight is 292 g/mol. The first-order chi connectivity index (χ1) is 9.52. The van der Waals surface area contributed by atoms with Crippen LogP contribution >= 0.6 is 11.8 Å². The summed E-state index contributed by atoms with van der Waals surface area (Å²) in [4.78, 5) is 24.6. The molecule has 1 amide bonds. The lowest BCUT2D eigenvalue weighted by molar-refractivity contribution is -0.384. The van der Waals surface area contributed by atoms with Crippen molar-refractivity contribution in [2.45, 2.75) is 6.92 Å². The minimum absolute atomic E-state index is 0.112. The number of thioether (sulfide) groups is 1. The molecule has 0 aliphatic carbocycles. The number of carbonyl (C=O) groups excluding carboxylic acids is 1. The lowest BCUT2D eigenvalue weighted by Crippen LogP contribution is -2.28. The summed E-state index contributed by atoms with van der Waals surface area (Å²) in [5.41, 5.74) is 0.136. The number of rotatable bonds is 3. The van der Waals surface area contributed by atoms with E-state index in [1.807, 2.05) is 0 Å². The van der Waals surface area contributed by atoms with Crippen LogP contribution in [0.2, 0.25) is 0 Å². The third kappa shape index (κ3) is 2.67. The van der Waals surface area contributed by atoms with Gasteiger partial charge in [-0.3, -0.25) is 14.9 Å². The van der Waals surface area contributed by atoms with E-state index in [0.29, 0.717) is 10.7 Å². The van der Waals surface area contributed by atoms with Gasteiger partial charge < -0.3 is 9.64 Å². The Morgan fingerprint density at radius 3 is 2.75 bits per heavy atom. The quantitative estimate of drug-likeness (QED) is 0.632. The Morgan fingerprint density at radius 2 is 2.10 bits per heavy atom. The highest BCUT2D eigenvalue weighted by molar-refractivity contribution is 8.06. The molecule has 7 heteroatoms. The molecule has 0 fully saturated rings. The number of nitro benzene ring substituents is 1.